The number of sulfonamides is 1. The van der Waals surface area contributed by atoms with E-state index in [1.54, 1.807) is 38.2 Å². The van der Waals surface area contributed by atoms with Gasteiger partial charge >= 0.3 is 12.1 Å². The van der Waals surface area contributed by atoms with Gasteiger partial charge in [0.25, 0.3) is 0 Å². The molecule has 318 valence electrons. The third-order valence-corrected chi connectivity index (χ3v) is 14.5. The molecule has 0 unspecified atom stereocenters. The van der Waals surface area contributed by atoms with Crippen LogP contribution >= 0.6 is 0 Å². The molecule has 2 amide bonds. The number of aromatic nitrogens is 1. The summed E-state index contributed by atoms with van der Waals surface area (Å²) in [6.07, 6.45) is -0.965. The molecule has 6 rings (SSSR count). The molecule has 16 heteroatoms. The van der Waals surface area contributed by atoms with Crippen molar-refractivity contribution >= 4 is 44.4 Å². The number of halogens is 3. The molecule has 8 atom stereocenters. The van der Waals surface area contributed by atoms with Gasteiger partial charge in [0.15, 0.2) is 11.9 Å². The van der Waals surface area contributed by atoms with E-state index in [9.17, 15) is 40.8 Å². The molecule has 58 heavy (non-hydrogen) atoms. The highest BCUT2D eigenvalue weighted by Crippen LogP contribution is 2.58. The Bertz CT molecular complexity index is 2050. The van der Waals surface area contributed by atoms with Crippen LogP contribution < -0.4 is 14.2 Å². The number of ketones is 1. The Morgan fingerprint density at radius 3 is 2.48 bits per heavy atom. The summed E-state index contributed by atoms with van der Waals surface area (Å²) in [5, 5.41) is 1.42. The molecule has 1 saturated heterocycles. The standard InChI is InChI=1S/C42H54F3N3O9S/c1-24(2)55-30-11-12-32-28(18-30)13-16-46-37(32)57-31-19-34-35(49)22-41(39(52)47-58(53,54)40(6)14-15-40)21-29(41)10-8-7-9-25(3)17-26(4)33(38(51)48(34)23-31)20-36(50)56-27(5)42(43,44)45/h8,10-13,16,18,24-27,29,31,33-34H,7,9,14-15,17,19-23H2,1-6H3,(H,47,52)/b10-8-/t25-,26-,27-,29-,31-,33+,34+,41-/m1/s1. The average molecular weight is 834 g/mol. The molecular formula is C42H54F3N3O9S. The number of fused-ring (bicyclic) bond motifs is 3. The lowest BCUT2D eigenvalue weighted by Crippen LogP contribution is -2.48. The first-order valence-corrected chi connectivity index (χ1v) is 21.7. The lowest BCUT2D eigenvalue weighted by molar-refractivity contribution is -0.216. The summed E-state index contributed by atoms with van der Waals surface area (Å²) in [5.74, 6) is -4.22. The first-order valence-electron chi connectivity index (χ1n) is 20.2. The summed E-state index contributed by atoms with van der Waals surface area (Å²) in [4.78, 5) is 62.2. The van der Waals surface area contributed by atoms with Gasteiger partial charge in [-0.15, -0.1) is 0 Å². The van der Waals surface area contributed by atoms with Crippen LogP contribution in [0.3, 0.4) is 0 Å². The largest absolute Gasteiger partial charge is 0.491 e. The Hall–Kier alpha value is -4.21. The number of benzene rings is 1. The highest BCUT2D eigenvalue weighted by Gasteiger charge is 2.63. The van der Waals surface area contributed by atoms with Gasteiger partial charge in [-0.2, -0.15) is 13.2 Å². The zero-order valence-electron chi connectivity index (χ0n) is 33.8. The molecule has 1 aromatic carbocycles. The van der Waals surface area contributed by atoms with Crippen LogP contribution in [-0.4, -0.2) is 83.7 Å². The molecule has 2 aromatic rings. The molecule has 0 spiro atoms. The summed E-state index contributed by atoms with van der Waals surface area (Å²) in [6, 6.07) is 6.06. The maximum Gasteiger partial charge on any atom is 0.425 e. The summed E-state index contributed by atoms with van der Waals surface area (Å²) >= 11 is 0. The number of rotatable bonds is 10. The minimum Gasteiger partial charge on any atom is -0.491 e. The number of amides is 2. The second-order valence-electron chi connectivity index (χ2n) is 17.4. The molecular weight excluding hydrogens is 780 g/mol. The number of carbonyl (C=O) groups is 4. The third kappa shape index (κ3) is 9.47. The summed E-state index contributed by atoms with van der Waals surface area (Å²) in [6.45, 7) is 9.73. The maximum atomic E-state index is 14.8. The van der Waals surface area contributed by atoms with Gasteiger partial charge in [0.2, 0.25) is 27.7 Å². The second kappa shape index (κ2) is 16.4. The predicted octanol–water partition coefficient (Wildman–Crippen LogP) is 6.85. The molecule has 3 heterocycles. The minimum absolute atomic E-state index is 0.0151. The van der Waals surface area contributed by atoms with E-state index in [1.165, 1.54) is 4.90 Å². The van der Waals surface area contributed by atoms with E-state index in [4.69, 9.17) is 14.2 Å². The van der Waals surface area contributed by atoms with Crippen molar-refractivity contribution in [1.29, 1.82) is 0 Å². The molecule has 0 bridgehead atoms. The molecule has 2 aliphatic carbocycles. The van der Waals surface area contributed by atoms with E-state index in [-0.39, 0.29) is 43.7 Å². The van der Waals surface area contributed by atoms with E-state index in [1.807, 2.05) is 39.0 Å². The fraction of sp³-hybridized carbons (Fsp3) is 0.643. The van der Waals surface area contributed by atoms with E-state index >= 15 is 0 Å². The number of esters is 1. The third-order valence-electron chi connectivity index (χ3n) is 12.3. The van der Waals surface area contributed by atoms with Crippen molar-refractivity contribution in [2.45, 2.75) is 135 Å². The Balaban J connectivity index is 1.34. The van der Waals surface area contributed by atoms with Crippen molar-refractivity contribution in [2.75, 3.05) is 6.54 Å². The Labute approximate surface area is 337 Å². The lowest BCUT2D eigenvalue weighted by Gasteiger charge is -2.32. The number of nitrogens with zero attached hydrogens (tertiary/aromatic N) is 2. The van der Waals surface area contributed by atoms with Crippen molar-refractivity contribution in [3.05, 3.63) is 42.6 Å². The van der Waals surface area contributed by atoms with Gasteiger partial charge in [-0.05, 0) is 114 Å². The van der Waals surface area contributed by atoms with Gasteiger partial charge < -0.3 is 19.1 Å². The van der Waals surface area contributed by atoms with Gasteiger partial charge in [-0.3, -0.25) is 23.9 Å². The number of allylic oxidation sites excluding steroid dienone is 2. The fourth-order valence-corrected chi connectivity index (χ4v) is 9.64. The minimum atomic E-state index is -4.80. The topological polar surface area (TPSA) is 158 Å². The number of ether oxygens (including phenoxy) is 3. The zero-order chi connectivity index (χ0) is 42.4. The Kier molecular flexibility index (Phi) is 12.3. The first kappa shape index (κ1) is 43.4. The normalized spacial score (nSPS) is 30.0. The number of carbonyl (C=O) groups excluding carboxylic acids is 4. The number of hydrogen-bond donors (Lipinski definition) is 1. The fourth-order valence-electron chi connectivity index (χ4n) is 8.30. The lowest BCUT2D eigenvalue weighted by atomic mass is 9.82. The summed E-state index contributed by atoms with van der Waals surface area (Å²) in [7, 11) is -4.03. The molecule has 3 fully saturated rings. The van der Waals surface area contributed by atoms with Gasteiger partial charge in [0, 0.05) is 24.4 Å². The number of pyridine rings is 1. The van der Waals surface area contributed by atoms with Crippen LogP contribution in [0.2, 0.25) is 0 Å². The van der Waals surface area contributed by atoms with Crippen molar-refractivity contribution in [2.24, 2.45) is 29.1 Å². The average Bonchev–Trinajstić information content (AvgIpc) is 4.01. The van der Waals surface area contributed by atoms with Crippen LogP contribution in [0.1, 0.15) is 99.3 Å². The van der Waals surface area contributed by atoms with Crippen LogP contribution in [0, 0.1) is 29.1 Å². The zero-order valence-corrected chi connectivity index (χ0v) is 34.7. The van der Waals surface area contributed by atoms with Gasteiger partial charge in [-0.1, -0.05) is 26.0 Å². The number of Topliss-reactive ketones (excluding diaryl/α,β-unsaturated/α-hetero) is 1. The number of nitrogens with one attached hydrogen (secondary N) is 1. The molecule has 2 aliphatic heterocycles. The highest BCUT2D eigenvalue weighted by atomic mass is 32.2. The summed E-state index contributed by atoms with van der Waals surface area (Å²) < 4.78 is 84.8. The first-order chi connectivity index (χ1) is 27.1. The van der Waals surface area contributed by atoms with E-state index in [0.29, 0.717) is 43.2 Å². The quantitative estimate of drug-likeness (QED) is 0.198. The van der Waals surface area contributed by atoms with Crippen LogP contribution in [0.25, 0.3) is 10.8 Å². The van der Waals surface area contributed by atoms with Crippen LogP contribution in [0.15, 0.2) is 42.6 Å². The van der Waals surface area contributed by atoms with Gasteiger partial charge in [0.1, 0.15) is 11.9 Å². The molecule has 4 aliphatic rings. The molecule has 12 nitrogen and oxygen atoms in total. The van der Waals surface area contributed by atoms with Crippen molar-refractivity contribution < 1.29 is 55.0 Å². The molecule has 1 aromatic heterocycles. The number of alkyl halides is 3. The van der Waals surface area contributed by atoms with E-state index in [0.717, 1.165) is 12.3 Å². The number of hydrogen-bond acceptors (Lipinski definition) is 10. The SMILES string of the molecule is CC(C)Oc1ccc2c(O[C@@H]3C[C@H]4C(=O)C[C@]5(C(=O)NS(=O)(=O)C6(C)CC6)C[C@H]5/C=C\CC[C@@H](C)C[C@@H](C)[C@H](CC(=O)O[C@H](C)C(F)(F)F)C(=O)N4C3)nccc2c1. The van der Waals surface area contributed by atoms with Crippen LogP contribution in [-0.2, 0) is 33.9 Å². The van der Waals surface area contributed by atoms with E-state index in [2.05, 4.69) is 9.71 Å². The van der Waals surface area contributed by atoms with Crippen molar-refractivity contribution in [3.63, 3.8) is 0 Å². The highest BCUT2D eigenvalue weighted by molar-refractivity contribution is 7.91. The Morgan fingerprint density at radius 1 is 1.09 bits per heavy atom. The smallest absolute Gasteiger partial charge is 0.425 e. The predicted molar refractivity (Wildman–Crippen MR) is 208 cm³/mol. The molecule has 2 saturated carbocycles. The molecule has 1 N–H and O–H groups in total. The second-order valence-corrected chi connectivity index (χ2v) is 19.6. The monoisotopic (exact) mass is 833 g/mol. The molecule has 0 radical (unpaired) electrons. The van der Waals surface area contributed by atoms with E-state index < -0.39 is 92.4 Å². The van der Waals surface area contributed by atoms with Crippen LogP contribution in [0.5, 0.6) is 11.6 Å². The summed E-state index contributed by atoms with van der Waals surface area (Å²) in [5.41, 5.74) is -1.37. The Morgan fingerprint density at radius 2 is 1.81 bits per heavy atom. The maximum absolute atomic E-state index is 14.8. The van der Waals surface area contributed by atoms with Gasteiger partial charge in [0.05, 0.1) is 41.2 Å². The van der Waals surface area contributed by atoms with Crippen molar-refractivity contribution in [3.8, 4) is 11.6 Å². The van der Waals surface area contributed by atoms with Crippen LogP contribution in [0.4, 0.5) is 13.2 Å². The van der Waals surface area contributed by atoms with Gasteiger partial charge in [-0.25, -0.2) is 13.4 Å². The van der Waals surface area contributed by atoms with Crippen molar-refractivity contribution in [1.82, 2.24) is 14.6 Å².